The molecule has 1 heterocycles. The quantitative estimate of drug-likeness (QED) is 0.857. The van der Waals surface area contributed by atoms with E-state index in [4.69, 9.17) is 4.42 Å². The van der Waals surface area contributed by atoms with Crippen molar-refractivity contribution in [2.24, 2.45) is 0 Å². The van der Waals surface area contributed by atoms with Crippen LogP contribution < -0.4 is 10.2 Å². The highest BCUT2D eigenvalue weighted by atomic mass is 16.3. The second-order valence-electron chi connectivity index (χ2n) is 5.88. The maximum Gasteiger partial charge on any atom is 0.251 e. The van der Waals surface area contributed by atoms with Crippen molar-refractivity contribution in [2.75, 3.05) is 25.5 Å². The predicted octanol–water partition coefficient (Wildman–Crippen LogP) is 2.07. The van der Waals surface area contributed by atoms with Gasteiger partial charge < -0.3 is 19.7 Å². The minimum Gasteiger partial charge on any atom is -0.469 e. The summed E-state index contributed by atoms with van der Waals surface area (Å²) in [6, 6.07) is 10.9. The molecule has 5 nitrogen and oxygen atoms in total. The van der Waals surface area contributed by atoms with Crippen LogP contribution >= 0.6 is 0 Å². The number of carbonyl (C=O) groups excluding carboxylic acids is 1. The molecule has 1 unspecified atom stereocenters. The number of nitrogens with one attached hydrogen (secondary N) is 1. The van der Waals surface area contributed by atoms with Crippen LogP contribution in [0.15, 0.2) is 47.1 Å². The van der Waals surface area contributed by atoms with Gasteiger partial charge in [0, 0.05) is 38.3 Å². The molecule has 2 rings (SSSR count). The smallest absolute Gasteiger partial charge is 0.251 e. The van der Waals surface area contributed by atoms with Gasteiger partial charge in [0.05, 0.1) is 11.9 Å². The number of hydrogen-bond acceptors (Lipinski definition) is 4. The van der Waals surface area contributed by atoms with Crippen molar-refractivity contribution in [3.05, 3.63) is 54.0 Å². The molecule has 0 aliphatic rings. The van der Waals surface area contributed by atoms with Gasteiger partial charge in [-0.3, -0.25) is 4.79 Å². The normalized spacial score (nSPS) is 13.5. The SMILES string of the molecule is CN(C)c1ccc(C(=O)NCC(C)(O)Cc2ccco2)cc1. The van der Waals surface area contributed by atoms with Gasteiger partial charge in [0.1, 0.15) is 5.76 Å². The molecule has 118 valence electrons. The van der Waals surface area contributed by atoms with E-state index in [1.54, 1.807) is 37.5 Å². The Hall–Kier alpha value is -2.27. The zero-order valence-corrected chi connectivity index (χ0v) is 13.2. The average molecular weight is 302 g/mol. The fourth-order valence-electron chi connectivity index (χ4n) is 2.13. The van der Waals surface area contributed by atoms with Crippen molar-refractivity contribution in [3.8, 4) is 0 Å². The van der Waals surface area contributed by atoms with Crippen LogP contribution in [-0.4, -0.2) is 37.3 Å². The summed E-state index contributed by atoms with van der Waals surface area (Å²) >= 11 is 0. The molecule has 2 aromatic rings. The third kappa shape index (κ3) is 4.36. The highest BCUT2D eigenvalue weighted by Crippen LogP contribution is 2.14. The Labute approximate surface area is 130 Å². The molecule has 0 aliphatic carbocycles. The first kappa shape index (κ1) is 16.1. The number of benzene rings is 1. The maximum atomic E-state index is 12.1. The summed E-state index contributed by atoms with van der Waals surface area (Å²) in [5.74, 6) is 0.486. The number of rotatable bonds is 6. The Morgan fingerprint density at radius 3 is 2.50 bits per heavy atom. The van der Waals surface area contributed by atoms with Gasteiger partial charge in [0.25, 0.3) is 5.91 Å². The topological polar surface area (TPSA) is 65.7 Å². The summed E-state index contributed by atoms with van der Waals surface area (Å²) in [5.41, 5.74) is 0.539. The largest absolute Gasteiger partial charge is 0.469 e. The highest BCUT2D eigenvalue weighted by Gasteiger charge is 2.23. The molecule has 0 radical (unpaired) electrons. The van der Waals surface area contributed by atoms with Crippen LogP contribution in [0.25, 0.3) is 0 Å². The van der Waals surface area contributed by atoms with Crippen molar-refractivity contribution in [1.82, 2.24) is 5.32 Å². The molecule has 0 aliphatic heterocycles. The first-order chi connectivity index (χ1) is 10.4. The maximum absolute atomic E-state index is 12.1. The van der Waals surface area contributed by atoms with Gasteiger partial charge in [-0.25, -0.2) is 0 Å². The number of amides is 1. The Kier molecular flexibility index (Phi) is 4.88. The summed E-state index contributed by atoms with van der Waals surface area (Å²) in [6.45, 7) is 1.83. The fourth-order valence-corrected chi connectivity index (χ4v) is 2.13. The van der Waals surface area contributed by atoms with Gasteiger partial charge in [-0.1, -0.05) is 0 Å². The van der Waals surface area contributed by atoms with Crippen molar-refractivity contribution >= 4 is 11.6 Å². The van der Waals surface area contributed by atoms with Crippen LogP contribution in [-0.2, 0) is 6.42 Å². The second kappa shape index (κ2) is 6.66. The molecule has 5 heteroatoms. The first-order valence-corrected chi connectivity index (χ1v) is 7.18. The van der Waals surface area contributed by atoms with Gasteiger partial charge in [-0.2, -0.15) is 0 Å². The molecule has 0 saturated heterocycles. The zero-order chi connectivity index (χ0) is 16.2. The van der Waals surface area contributed by atoms with Crippen molar-refractivity contribution in [1.29, 1.82) is 0 Å². The van der Waals surface area contributed by atoms with Gasteiger partial charge in [0.15, 0.2) is 0 Å². The summed E-state index contributed by atoms with van der Waals surface area (Å²) in [7, 11) is 3.89. The number of aliphatic hydroxyl groups is 1. The summed E-state index contributed by atoms with van der Waals surface area (Å²) in [6.07, 6.45) is 1.91. The van der Waals surface area contributed by atoms with Gasteiger partial charge in [-0.15, -0.1) is 0 Å². The molecule has 22 heavy (non-hydrogen) atoms. The number of anilines is 1. The molecule has 2 N–H and O–H groups in total. The monoisotopic (exact) mass is 302 g/mol. The van der Waals surface area contributed by atoms with Crippen LogP contribution in [0.4, 0.5) is 5.69 Å². The fraction of sp³-hybridized carbons (Fsp3) is 0.353. The number of nitrogens with zero attached hydrogens (tertiary/aromatic N) is 1. The Bertz CT molecular complexity index is 601. The molecule has 1 aromatic heterocycles. The summed E-state index contributed by atoms with van der Waals surface area (Å²) in [5, 5.41) is 13.1. The van der Waals surface area contributed by atoms with E-state index in [0.717, 1.165) is 5.69 Å². The van der Waals surface area contributed by atoms with E-state index < -0.39 is 5.60 Å². The lowest BCUT2D eigenvalue weighted by Crippen LogP contribution is -2.42. The van der Waals surface area contributed by atoms with E-state index in [1.807, 2.05) is 31.1 Å². The van der Waals surface area contributed by atoms with Crippen LogP contribution in [0.3, 0.4) is 0 Å². The van der Waals surface area contributed by atoms with Crippen LogP contribution in [0, 0.1) is 0 Å². The van der Waals surface area contributed by atoms with E-state index in [9.17, 15) is 9.90 Å². The minimum atomic E-state index is -1.06. The van der Waals surface area contributed by atoms with Crippen molar-refractivity contribution < 1.29 is 14.3 Å². The lowest BCUT2D eigenvalue weighted by molar-refractivity contribution is 0.0510. The second-order valence-corrected chi connectivity index (χ2v) is 5.88. The van der Waals surface area contributed by atoms with E-state index >= 15 is 0 Å². The third-order valence-corrected chi connectivity index (χ3v) is 3.41. The number of hydrogen-bond donors (Lipinski definition) is 2. The molecule has 0 spiro atoms. The Morgan fingerprint density at radius 2 is 1.95 bits per heavy atom. The molecule has 0 saturated carbocycles. The molecule has 1 atom stereocenters. The summed E-state index contributed by atoms with van der Waals surface area (Å²) < 4.78 is 5.22. The van der Waals surface area contributed by atoms with E-state index in [-0.39, 0.29) is 12.5 Å². The standard InChI is InChI=1S/C17H22N2O3/c1-17(21,11-15-5-4-10-22-15)12-18-16(20)13-6-8-14(9-7-13)19(2)3/h4-10,21H,11-12H2,1-3H3,(H,18,20). The van der Waals surface area contributed by atoms with E-state index in [0.29, 0.717) is 17.7 Å². The molecule has 1 aromatic carbocycles. The van der Waals surface area contributed by atoms with Crippen LogP contribution in [0.2, 0.25) is 0 Å². The van der Waals surface area contributed by atoms with Gasteiger partial charge in [-0.05, 0) is 43.3 Å². The Balaban J connectivity index is 1.91. The molecular weight excluding hydrogens is 280 g/mol. The average Bonchev–Trinajstić information content (AvgIpc) is 2.97. The van der Waals surface area contributed by atoms with Gasteiger partial charge in [0.2, 0.25) is 0 Å². The molecule has 1 amide bonds. The third-order valence-electron chi connectivity index (χ3n) is 3.41. The van der Waals surface area contributed by atoms with Crippen molar-refractivity contribution in [3.63, 3.8) is 0 Å². The molecule has 0 bridgehead atoms. The number of carbonyl (C=O) groups is 1. The van der Waals surface area contributed by atoms with Gasteiger partial charge >= 0.3 is 0 Å². The Morgan fingerprint density at radius 1 is 1.27 bits per heavy atom. The highest BCUT2D eigenvalue weighted by molar-refractivity contribution is 5.94. The summed E-state index contributed by atoms with van der Waals surface area (Å²) in [4.78, 5) is 14.1. The lowest BCUT2D eigenvalue weighted by Gasteiger charge is -2.22. The van der Waals surface area contributed by atoms with Crippen LogP contribution in [0.5, 0.6) is 0 Å². The molecule has 0 fully saturated rings. The lowest BCUT2D eigenvalue weighted by atomic mass is 10.0. The van der Waals surface area contributed by atoms with Crippen molar-refractivity contribution in [2.45, 2.75) is 18.9 Å². The van der Waals surface area contributed by atoms with E-state index in [1.165, 1.54) is 0 Å². The number of furan rings is 1. The van der Waals surface area contributed by atoms with Crippen LogP contribution in [0.1, 0.15) is 23.0 Å². The molecular formula is C17H22N2O3. The predicted molar refractivity (Wildman–Crippen MR) is 86.1 cm³/mol. The first-order valence-electron chi connectivity index (χ1n) is 7.18. The minimum absolute atomic E-state index is 0.155. The zero-order valence-electron chi connectivity index (χ0n) is 13.2. The van der Waals surface area contributed by atoms with E-state index in [2.05, 4.69) is 5.32 Å².